The minimum Gasteiger partial charge on any atom is -0.352 e. The van der Waals surface area contributed by atoms with Gasteiger partial charge in [0.1, 0.15) is 0 Å². The normalized spacial score (nSPS) is 15.8. The molecule has 0 unspecified atom stereocenters. The highest BCUT2D eigenvalue weighted by Gasteiger charge is 2.19. The standard InChI is InChI=1S/C14H17ClN4/c1-10-13(11-2-4-12(15)5-3-11)14(18-17-10)19-8-6-16-7-9-19/h2-5,16H,6-9H2,1H3,(H,17,18). The van der Waals surface area contributed by atoms with Gasteiger partial charge >= 0.3 is 0 Å². The summed E-state index contributed by atoms with van der Waals surface area (Å²) in [5, 5.41) is 11.7. The number of halogens is 1. The fourth-order valence-electron chi connectivity index (χ4n) is 2.48. The van der Waals surface area contributed by atoms with Crippen LogP contribution in [0.4, 0.5) is 5.82 Å². The van der Waals surface area contributed by atoms with Crippen LogP contribution in [-0.4, -0.2) is 36.4 Å². The number of hydrogen-bond acceptors (Lipinski definition) is 3. The maximum absolute atomic E-state index is 5.96. The van der Waals surface area contributed by atoms with Crippen LogP contribution in [0.5, 0.6) is 0 Å². The molecule has 0 amide bonds. The Balaban J connectivity index is 2.00. The van der Waals surface area contributed by atoms with E-state index in [1.54, 1.807) is 0 Å². The zero-order chi connectivity index (χ0) is 13.2. The molecular formula is C14H17ClN4. The molecule has 5 heteroatoms. The van der Waals surface area contributed by atoms with Crippen molar-refractivity contribution in [3.63, 3.8) is 0 Å². The van der Waals surface area contributed by atoms with Crippen molar-refractivity contribution in [1.29, 1.82) is 0 Å². The predicted molar refractivity (Wildman–Crippen MR) is 78.9 cm³/mol. The average Bonchev–Trinajstić information content (AvgIpc) is 2.83. The Hall–Kier alpha value is -1.52. The van der Waals surface area contributed by atoms with Crippen molar-refractivity contribution in [2.45, 2.75) is 6.92 Å². The number of hydrogen-bond donors (Lipinski definition) is 2. The van der Waals surface area contributed by atoms with Gasteiger partial charge in [-0.25, -0.2) is 0 Å². The number of aryl methyl sites for hydroxylation is 1. The summed E-state index contributed by atoms with van der Waals surface area (Å²) in [4.78, 5) is 2.32. The first kappa shape index (κ1) is 12.5. The molecule has 1 fully saturated rings. The molecule has 2 aromatic rings. The van der Waals surface area contributed by atoms with Crippen molar-refractivity contribution in [2.75, 3.05) is 31.1 Å². The van der Waals surface area contributed by atoms with Gasteiger partial charge in [-0.15, -0.1) is 0 Å². The Morgan fingerprint density at radius 2 is 1.84 bits per heavy atom. The van der Waals surface area contributed by atoms with Crippen molar-refractivity contribution in [2.24, 2.45) is 0 Å². The number of nitrogens with zero attached hydrogens (tertiary/aromatic N) is 2. The van der Waals surface area contributed by atoms with Crippen LogP contribution in [0.25, 0.3) is 11.1 Å². The summed E-state index contributed by atoms with van der Waals surface area (Å²) in [6.07, 6.45) is 0. The lowest BCUT2D eigenvalue weighted by Gasteiger charge is -2.28. The van der Waals surface area contributed by atoms with Gasteiger partial charge in [0.2, 0.25) is 0 Å². The smallest absolute Gasteiger partial charge is 0.158 e. The third-order valence-electron chi connectivity index (χ3n) is 3.48. The number of piperazine rings is 1. The van der Waals surface area contributed by atoms with E-state index in [1.807, 2.05) is 24.3 Å². The summed E-state index contributed by atoms with van der Waals surface area (Å²) in [7, 11) is 0. The lowest BCUT2D eigenvalue weighted by Crippen LogP contribution is -2.43. The Labute approximate surface area is 117 Å². The second-order valence-electron chi connectivity index (χ2n) is 4.79. The molecular weight excluding hydrogens is 260 g/mol. The summed E-state index contributed by atoms with van der Waals surface area (Å²) in [6, 6.07) is 7.94. The second kappa shape index (κ2) is 5.23. The van der Waals surface area contributed by atoms with Crippen LogP contribution in [-0.2, 0) is 0 Å². The van der Waals surface area contributed by atoms with E-state index >= 15 is 0 Å². The highest BCUT2D eigenvalue weighted by Crippen LogP contribution is 2.32. The zero-order valence-corrected chi connectivity index (χ0v) is 11.7. The molecule has 1 aromatic carbocycles. The summed E-state index contributed by atoms with van der Waals surface area (Å²) in [5.41, 5.74) is 3.43. The summed E-state index contributed by atoms with van der Waals surface area (Å²) < 4.78 is 0. The highest BCUT2D eigenvalue weighted by atomic mass is 35.5. The van der Waals surface area contributed by atoms with Crippen LogP contribution >= 0.6 is 11.6 Å². The van der Waals surface area contributed by atoms with Crippen LogP contribution < -0.4 is 10.2 Å². The quantitative estimate of drug-likeness (QED) is 0.886. The summed E-state index contributed by atoms with van der Waals surface area (Å²) in [5.74, 6) is 1.04. The van der Waals surface area contributed by atoms with Crippen LogP contribution in [0, 0.1) is 6.92 Å². The third kappa shape index (κ3) is 2.46. The van der Waals surface area contributed by atoms with Crippen LogP contribution in [0.2, 0.25) is 5.02 Å². The molecule has 0 spiro atoms. The molecule has 0 aliphatic carbocycles. The first-order valence-electron chi connectivity index (χ1n) is 6.52. The van der Waals surface area contributed by atoms with E-state index in [4.69, 9.17) is 11.6 Å². The van der Waals surface area contributed by atoms with E-state index < -0.39 is 0 Å². The molecule has 0 atom stereocenters. The largest absolute Gasteiger partial charge is 0.352 e. The first-order valence-corrected chi connectivity index (χ1v) is 6.90. The highest BCUT2D eigenvalue weighted by molar-refractivity contribution is 6.30. The Morgan fingerprint density at radius 1 is 1.16 bits per heavy atom. The van der Waals surface area contributed by atoms with E-state index in [0.717, 1.165) is 48.3 Å². The fourth-order valence-corrected chi connectivity index (χ4v) is 2.61. The van der Waals surface area contributed by atoms with Crippen molar-refractivity contribution < 1.29 is 0 Å². The minimum absolute atomic E-state index is 0.758. The number of benzene rings is 1. The van der Waals surface area contributed by atoms with Crippen molar-refractivity contribution >= 4 is 17.4 Å². The van der Waals surface area contributed by atoms with E-state index in [-0.39, 0.29) is 0 Å². The van der Waals surface area contributed by atoms with Gasteiger partial charge in [-0.2, -0.15) is 5.10 Å². The number of aromatic amines is 1. The number of rotatable bonds is 2. The molecule has 2 N–H and O–H groups in total. The lowest BCUT2D eigenvalue weighted by atomic mass is 10.1. The van der Waals surface area contributed by atoms with Crippen LogP contribution in [0.1, 0.15) is 5.69 Å². The molecule has 2 heterocycles. The van der Waals surface area contributed by atoms with E-state index in [2.05, 4.69) is 27.3 Å². The number of anilines is 1. The third-order valence-corrected chi connectivity index (χ3v) is 3.73. The summed E-state index contributed by atoms with van der Waals surface area (Å²) >= 11 is 5.96. The van der Waals surface area contributed by atoms with Gasteiger partial charge < -0.3 is 10.2 Å². The SMILES string of the molecule is Cc1[nH]nc(N2CCNCC2)c1-c1ccc(Cl)cc1. The van der Waals surface area contributed by atoms with E-state index in [0.29, 0.717) is 0 Å². The molecule has 1 saturated heterocycles. The van der Waals surface area contributed by atoms with Gasteiger partial charge in [-0.3, -0.25) is 5.10 Å². The van der Waals surface area contributed by atoms with Gasteiger partial charge in [-0.1, -0.05) is 23.7 Å². The zero-order valence-electron chi connectivity index (χ0n) is 10.9. The van der Waals surface area contributed by atoms with Gasteiger partial charge in [0.25, 0.3) is 0 Å². The predicted octanol–water partition coefficient (Wildman–Crippen LogP) is 2.45. The molecule has 3 rings (SSSR count). The average molecular weight is 277 g/mol. The van der Waals surface area contributed by atoms with E-state index in [1.165, 1.54) is 5.56 Å². The van der Waals surface area contributed by atoms with Gasteiger partial charge in [-0.05, 0) is 24.6 Å². The summed E-state index contributed by atoms with van der Waals surface area (Å²) in [6.45, 7) is 6.05. The van der Waals surface area contributed by atoms with Crippen molar-refractivity contribution in [1.82, 2.24) is 15.5 Å². The molecule has 100 valence electrons. The first-order chi connectivity index (χ1) is 9.25. The molecule has 0 radical (unpaired) electrons. The maximum atomic E-state index is 5.96. The van der Waals surface area contributed by atoms with Crippen LogP contribution in [0.3, 0.4) is 0 Å². The Morgan fingerprint density at radius 3 is 2.53 bits per heavy atom. The molecule has 0 saturated carbocycles. The number of nitrogens with one attached hydrogen (secondary N) is 2. The van der Waals surface area contributed by atoms with Crippen molar-refractivity contribution in [3.8, 4) is 11.1 Å². The second-order valence-corrected chi connectivity index (χ2v) is 5.23. The number of aromatic nitrogens is 2. The molecule has 19 heavy (non-hydrogen) atoms. The Bertz CT molecular complexity index is 555. The monoisotopic (exact) mass is 276 g/mol. The van der Waals surface area contributed by atoms with Gasteiger partial charge in [0.05, 0.1) is 0 Å². The van der Waals surface area contributed by atoms with E-state index in [9.17, 15) is 0 Å². The van der Waals surface area contributed by atoms with Crippen LogP contribution in [0.15, 0.2) is 24.3 Å². The topological polar surface area (TPSA) is 44.0 Å². The lowest BCUT2D eigenvalue weighted by molar-refractivity contribution is 0.585. The molecule has 1 aliphatic rings. The maximum Gasteiger partial charge on any atom is 0.158 e. The molecule has 4 nitrogen and oxygen atoms in total. The fraction of sp³-hybridized carbons (Fsp3) is 0.357. The molecule has 0 bridgehead atoms. The van der Waals surface area contributed by atoms with Crippen molar-refractivity contribution in [3.05, 3.63) is 35.0 Å². The molecule has 1 aromatic heterocycles. The minimum atomic E-state index is 0.758. The van der Waals surface area contributed by atoms with Gasteiger partial charge in [0, 0.05) is 42.5 Å². The van der Waals surface area contributed by atoms with Gasteiger partial charge in [0.15, 0.2) is 5.82 Å². The molecule has 1 aliphatic heterocycles. The Kier molecular flexibility index (Phi) is 3.44. The number of H-pyrrole nitrogens is 1.